The van der Waals surface area contributed by atoms with E-state index >= 15 is 0 Å². The second-order valence-electron chi connectivity index (χ2n) is 5.10. The minimum Gasteiger partial charge on any atom is -0.443 e. The molecule has 18 heavy (non-hydrogen) atoms. The molecule has 1 aromatic heterocycles. The van der Waals surface area contributed by atoms with Crippen LogP contribution in [0.25, 0.3) is 4.48 Å². The molecule has 2 rings (SSSR count). The lowest BCUT2D eigenvalue weighted by molar-refractivity contribution is -0.0513. The van der Waals surface area contributed by atoms with Crippen molar-refractivity contribution in [3.05, 3.63) is 29.7 Å². The molecule has 2 heterocycles. The summed E-state index contributed by atoms with van der Waals surface area (Å²) < 4.78 is 7.45. The Balaban J connectivity index is 2.33. The van der Waals surface area contributed by atoms with E-state index in [9.17, 15) is 10.0 Å². The molecule has 98 valence electrons. The molecule has 0 unspecified atom stereocenters. The average Bonchev–Trinajstić information content (AvgIpc) is 2.58. The number of rotatable bonds is 0. The van der Waals surface area contributed by atoms with E-state index < -0.39 is 11.7 Å². The highest BCUT2D eigenvalue weighted by molar-refractivity contribution is 9.15. The zero-order valence-corrected chi connectivity index (χ0v) is 12.1. The van der Waals surface area contributed by atoms with Crippen molar-refractivity contribution in [1.82, 2.24) is 9.63 Å². The molecular formula is C12H15BrN2O3. The Morgan fingerprint density at radius 3 is 2.78 bits per heavy atom. The van der Waals surface area contributed by atoms with Gasteiger partial charge in [-0.2, -0.15) is 0 Å². The lowest BCUT2D eigenvalue weighted by Crippen LogP contribution is -2.29. The Labute approximate surface area is 114 Å². The van der Waals surface area contributed by atoms with E-state index in [1.165, 1.54) is 4.57 Å². The van der Waals surface area contributed by atoms with Gasteiger partial charge in [-0.05, 0) is 42.8 Å². The standard InChI is InChI=1S/C12H15BrN2O3/c1-12(2,3)18-11(16)15-5-4-8-9(13)6-14(17)7-10(8)15/h4-6,17H,7H2,1-3H3. The zero-order valence-electron chi connectivity index (χ0n) is 10.5. The van der Waals surface area contributed by atoms with Crippen molar-refractivity contribution in [3.8, 4) is 0 Å². The highest BCUT2D eigenvalue weighted by Gasteiger charge is 2.24. The van der Waals surface area contributed by atoms with Crippen LogP contribution in [0.4, 0.5) is 4.79 Å². The summed E-state index contributed by atoms with van der Waals surface area (Å²) in [6.07, 6.45) is 2.76. The van der Waals surface area contributed by atoms with Crippen LogP contribution < -0.4 is 0 Å². The molecule has 0 saturated heterocycles. The first kappa shape index (κ1) is 13.2. The van der Waals surface area contributed by atoms with Gasteiger partial charge in [0.1, 0.15) is 5.60 Å². The number of halogens is 1. The molecule has 5 nitrogen and oxygen atoms in total. The minimum atomic E-state index is -0.547. The van der Waals surface area contributed by atoms with E-state index in [0.29, 0.717) is 5.69 Å². The van der Waals surface area contributed by atoms with Crippen LogP contribution in [0.5, 0.6) is 0 Å². The topological polar surface area (TPSA) is 54.7 Å². The summed E-state index contributed by atoms with van der Waals surface area (Å²) >= 11 is 3.35. The molecular weight excluding hydrogens is 300 g/mol. The van der Waals surface area contributed by atoms with Crippen molar-refractivity contribution in [2.24, 2.45) is 0 Å². The lowest BCUT2D eigenvalue weighted by atomic mass is 10.2. The summed E-state index contributed by atoms with van der Waals surface area (Å²) in [5, 5.41) is 10.6. The van der Waals surface area contributed by atoms with Gasteiger partial charge in [-0.25, -0.2) is 4.79 Å². The van der Waals surface area contributed by atoms with E-state index in [-0.39, 0.29) is 6.54 Å². The third-order valence-electron chi connectivity index (χ3n) is 2.41. The first-order valence-corrected chi connectivity index (χ1v) is 6.34. The predicted octanol–water partition coefficient (Wildman–Crippen LogP) is 3.17. The molecule has 0 radical (unpaired) electrons. The van der Waals surface area contributed by atoms with Gasteiger partial charge in [0.15, 0.2) is 0 Å². The summed E-state index contributed by atoms with van der Waals surface area (Å²) in [6.45, 7) is 5.69. The van der Waals surface area contributed by atoms with Crippen LogP contribution in [-0.4, -0.2) is 26.5 Å². The van der Waals surface area contributed by atoms with Gasteiger partial charge < -0.3 is 4.74 Å². The first-order valence-electron chi connectivity index (χ1n) is 5.55. The van der Waals surface area contributed by atoms with Gasteiger partial charge in [-0.1, -0.05) is 0 Å². The number of aromatic nitrogens is 1. The first-order chi connectivity index (χ1) is 8.28. The number of hydroxylamine groups is 2. The summed E-state index contributed by atoms with van der Waals surface area (Å²) in [6, 6.07) is 1.81. The maximum absolute atomic E-state index is 12.0. The highest BCUT2D eigenvalue weighted by Crippen LogP contribution is 2.31. The van der Waals surface area contributed by atoms with Crippen LogP contribution in [0.15, 0.2) is 18.5 Å². The smallest absolute Gasteiger partial charge is 0.418 e. The van der Waals surface area contributed by atoms with Crippen LogP contribution in [-0.2, 0) is 11.3 Å². The zero-order chi connectivity index (χ0) is 13.5. The van der Waals surface area contributed by atoms with E-state index in [0.717, 1.165) is 15.1 Å². The number of hydrogen-bond acceptors (Lipinski definition) is 4. The van der Waals surface area contributed by atoms with Crippen molar-refractivity contribution in [3.63, 3.8) is 0 Å². The average molecular weight is 315 g/mol. The minimum absolute atomic E-state index is 0.247. The molecule has 0 amide bonds. The van der Waals surface area contributed by atoms with Crippen LogP contribution in [0, 0.1) is 0 Å². The normalized spacial score (nSPS) is 15.2. The third-order valence-corrected chi connectivity index (χ3v) is 3.05. The fourth-order valence-corrected chi connectivity index (χ4v) is 2.32. The van der Waals surface area contributed by atoms with Crippen LogP contribution in [0.3, 0.4) is 0 Å². The maximum atomic E-state index is 12.0. The maximum Gasteiger partial charge on any atom is 0.418 e. The third kappa shape index (κ3) is 2.59. The second kappa shape index (κ2) is 4.44. The number of fused-ring (bicyclic) bond motifs is 1. The summed E-state index contributed by atoms with van der Waals surface area (Å²) in [7, 11) is 0. The predicted molar refractivity (Wildman–Crippen MR) is 70.3 cm³/mol. The fourth-order valence-electron chi connectivity index (χ4n) is 1.73. The Hall–Kier alpha value is -1.27. The lowest BCUT2D eigenvalue weighted by Gasteiger charge is -2.23. The molecule has 1 N–H and O–H groups in total. The van der Waals surface area contributed by atoms with Crippen molar-refractivity contribution in [1.29, 1.82) is 0 Å². The van der Waals surface area contributed by atoms with Crippen LogP contribution in [0.1, 0.15) is 32.0 Å². The van der Waals surface area contributed by atoms with E-state index in [1.807, 2.05) is 26.8 Å². The van der Waals surface area contributed by atoms with Crippen molar-refractivity contribution in [2.45, 2.75) is 32.9 Å². The molecule has 0 spiro atoms. The van der Waals surface area contributed by atoms with Crippen molar-refractivity contribution in [2.75, 3.05) is 0 Å². The summed E-state index contributed by atoms with van der Waals surface area (Å²) in [5.41, 5.74) is 1.03. The Kier molecular flexibility index (Phi) is 3.25. The van der Waals surface area contributed by atoms with Gasteiger partial charge >= 0.3 is 6.09 Å². The van der Waals surface area contributed by atoms with Gasteiger partial charge in [0, 0.05) is 22.4 Å². The SMILES string of the molecule is CC(C)(C)OC(=O)n1ccc2c1CN(O)C=C2Br. The number of ether oxygens (including phenoxy) is 1. The quantitative estimate of drug-likeness (QED) is 0.799. The second-order valence-corrected chi connectivity index (χ2v) is 5.96. The summed E-state index contributed by atoms with van der Waals surface area (Å²) in [4.78, 5) is 12.0. The molecule has 0 bridgehead atoms. The molecule has 0 saturated carbocycles. The van der Waals surface area contributed by atoms with E-state index in [4.69, 9.17) is 4.74 Å². The number of carbonyl (C=O) groups is 1. The highest BCUT2D eigenvalue weighted by atomic mass is 79.9. The van der Waals surface area contributed by atoms with Gasteiger partial charge in [-0.3, -0.25) is 14.8 Å². The molecule has 0 atom stereocenters. The van der Waals surface area contributed by atoms with Crippen LogP contribution in [0.2, 0.25) is 0 Å². The monoisotopic (exact) mass is 314 g/mol. The Morgan fingerprint density at radius 1 is 1.50 bits per heavy atom. The fraction of sp³-hybridized carbons (Fsp3) is 0.417. The molecule has 1 aliphatic heterocycles. The van der Waals surface area contributed by atoms with Gasteiger partial charge in [0.25, 0.3) is 0 Å². The van der Waals surface area contributed by atoms with E-state index in [2.05, 4.69) is 15.9 Å². The van der Waals surface area contributed by atoms with Gasteiger partial charge in [0.2, 0.25) is 0 Å². The Morgan fingerprint density at radius 2 is 2.17 bits per heavy atom. The number of hydrogen-bond donors (Lipinski definition) is 1. The molecule has 0 aliphatic carbocycles. The van der Waals surface area contributed by atoms with Gasteiger partial charge in [-0.15, -0.1) is 0 Å². The molecule has 0 fully saturated rings. The molecule has 0 aromatic carbocycles. The molecule has 6 heteroatoms. The van der Waals surface area contributed by atoms with E-state index in [1.54, 1.807) is 12.4 Å². The van der Waals surface area contributed by atoms with Crippen molar-refractivity contribution >= 4 is 26.5 Å². The summed E-state index contributed by atoms with van der Waals surface area (Å²) in [5.74, 6) is 0. The number of carbonyl (C=O) groups excluding carboxylic acids is 1. The van der Waals surface area contributed by atoms with Crippen molar-refractivity contribution < 1.29 is 14.7 Å². The van der Waals surface area contributed by atoms with Crippen LogP contribution >= 0.6 is 15.9 Å². The van der Waals surface area contributed by atoms with Gasteiger partial charge in [0.05, 0.1) is 12.2 Å². The Bertz CT molecular complexity index is 514. The number of nitrogens with zero attached hydrogens (tertiary/aromatic N) is 2. The largest absolute Gasteiger partial charge is 0.443 e. The molecule has 1 aromatic rings. The molecule has 1 aliphatic rings.